The first-order valence-corrected chi connectivity index (χ1v) is 8.82. The van der Waals surface area contributed by atoms with Crippen LogP contribution in [0.1, 0.15) is 57.6 Å². The van der Waals surface area contributed by atoms with E-state index in [1.807, 2.05) is 0 Å². The van der Waals surface area contributed by atoms with Crippen molar-refractivity contribution in [3.8, 4) is 0 Å². The van der Waals surface area contributed by atoms with Crippen LogP contribution in [0.25, 0.3) is 0 Å². The fourth-order valence-corrected chi connectivity index (χ4v) is 4.21. The lowest BCUT2D eigenvalue weighted by Gasteiger charge is -2.47. The van der Waals surface area contributed by atoms with E-state index < -0.39 is 0 Å². The van der Waals surface area contributed by atoms with Gasteiger partial charge in [-0.05, 0) is 30.7 Å². The highest BCUT2D eigenvalue weighted by Gasteiger charge is 2.34. The Hall–Kier alpha value is -0.860. The molecule has 0 radical (unpaired) electrons. The van der Waals surface area contributed by atoms with E-state index in [2.05, 4.69) is 54.4 Å². The van der Waals surface area contributed by atoms with Crippen molar-refractivity contribution >= 4 is 0 Å². The molecule has 2 nitrogen and oxygen atoms in total. The molecule has 3 rings (SSSR count). The highest BCUT2D eigenvalue weighted by Crippen LogP contribution is 2.34. The number of hydrogen-bond acceptors (Lipinski definition) is 2. The zero-order chi connectivity index (χ0) is 14.7. The molecule has 1 aliphatic carbocycles. The largest absolute Gasteiger partial charge is 0.311 e. The van der Waals surface area contributed by atoms with Crippen molar-refractivity contribution in [1.82, 2.24) is 10.2 Å². The molecule has 4 unspecified atom stereocenters. The average molecular weight is 286 g/mol. The molecular formula is C19H30N2. The van der Waals surface area contributed by atoms with Crippen molar-refractivity contribution in [2.75, 3.05) is 13.1 Å². The van der Waals surface area contributed by atoms with Gasteiger partial charge in [0, 0.05) is 31.2 Å². The highest BCUT2D eigenvalue weighted by atomic mass is 15.3. The van der Waals surface area contributed by atoms with Crippen LogP contribution in [0.15, 0.2) is 30.3 Å². The zero-order valence-electron chi connectivity index (χ0n) is 13.6. The molecule has 0 amide bonds. The summed E-state index contributed by atoms with van der Waals surface area (Å²) in [5.74, 6) is 0.898. The van der Waals surface area contributed by atoms with Gasteiger partial charge in [-0.25, -0.2) is 0 Å². The molecule has 1 saturated carbocycles. The maximum absolute atomic E-state index is 3.76. The number of rotatable bonds is 3. The number of nitrogens with one attached hydrogen (secondary N) is 1. The number of nitrogens with zero attached hydrogens (tertiary/aromatic N) is 1. The molecule has 2 heteroatoms. The van der Waals surface area contributed by atoms with E-state index in [1.54, 1.807) is 0 Å². The normalized spacial score (nSPS) is 34.8. The predicted octanol–water partition coefficient (Wildman–Crippen LogP) is 3.99. The van der Waals surface area contributed by atoms with Gasteiger partial charge in [-0.2, -0.15) is 0 Å². The van der Waals surface area contributed by atoms with Gasteiger partial charge in [0.15, 0.2) is 0 Å². The lowest BCUT2D eigenvalue weighted by molar-refractivity contribution is 0.0496. The van der Waals surface area contributed by atoms with Gasteiger partial charge in [0.2, 0.25) is 0 Å². The van der Waals surface area contributed by atoms with Crippen molar-refractivity contribution < 1.29 is 0 Å². The van der Waals surface area contributed by atoms with Crippen molar-refractivity contribution in [2.45, 2.75) is 64.1 Å². The Morgan fingerprint density at radius 2 is 2.00 bits per heavy atom. The summed E-state index contributed by atoms with van der Waals surface area (Å²) >= 11 is 0. The summed E-state index contributed by atoms with van der Waals surface area (Å²) in [6.07, 6.45) is 6.86. The highest BCUT2D eigenvalue weighted by molar-refractivity contribution is 5.20. The van der Waals surface area contributed by atoms with E-state index in [4.69, 9.17) is 0 Å². The summed E-state index contributed by atoms with van der Waals surface area (Å²) in [7, 11) is 0. The standard InChI is InChI=1S/C19H30N2/c1-3-17-14-21(18-11-7-8-15(2)12-18)19(13-20-17)16-9-5-4-6-10-16/h4-6,9-10,15,17-20H,3,7-8,11-14H2,1-2H3. The van der Waals surface area contributed by atoms with Crippen LogP contribution in [-0.2, 0) is 0 Å². The van der Waals surface area contributed by atoms with Gasteiger partial charge in [-0.3, -0.25) is 4.90 Å². The average Bonchev–Trinajstić information content (AvgIpc) is 2.55. The molecule has 0 spiro atoms. The molecule has 1 N–H and O–H groups in total. The third kappa shape index (κ3) is 3.49. The SMILES string of the molecule is CCC1CN(C2CCCC(C)C2)C(c2ccccc2)CN1. The Balaban J connectivity index is 1.80. The molecule has 2 aliphatic rings. The topological polar surface area (TPSA) is 15.3 Å². The first-order chi connectivity index (χ1) is 10.3. The van der Waals surface area contributed by atoms with E-state index >= 15 is 0 Å². The van der Waals surface area contributed by atoms with Crippen LogP contribution in [0.2, 0.25) is 0 Å². The predicted molar refractivity (Wildman–Crippen MR) is 89.4 cm³/mol. The van der Waals surface area contributed by atoms with Gasteiger partial charge in [-0.1, -0.05) is 57.0 Å². The van der Waals surface area contributed by atoms with Crippen LogP contribution in [0.4, 0.5) is 0 Å². The van der Waals surface area contributed by atoms with Crippen molar-refractivity contribution in [2.24, 2.45) is 5.92 Å². The van der Waals surface area contributed by atoms with Crippen LogP contribution in [-0.4, -0.2) is 30.1 Å². The minimum atomic E-state index is 0.560. The molecule has 0 bridgehead atoms. The zero-order valence-corrected chi connectivity index (χ0v) is 13.6. The summed E-state index contributed by atoms with van der Waals surface area (Å²) in [6.45, 7) is 7.06. The second kappa shape index (κ2) is 6.93. The summed E-state index contributed by atoms with van der Waals surface area (Å²) < 4.78 is 0. The van der Waals surface area contributed by atoms with E-state index in [0.29, 0.717) is 12.1 Å². The van der Waals surface area contributed by atoms with E-state index in [1.165, 1.54) is 44.2 Å². The third-order valence-electron chi connectivity index (χ3n) is 5.49. The smallest absolute Gasteiger partial charge is 0.0476 e. The fraction of sp³-hybridized carbons (Fsp3) is 0.684. The Labute approximate surface area is 129 Å². The Bertz CT molecular complexity index is 430. The molecule has 21 heavy (non-hydrogen) atoms. The molecule has 1 saturated heterocycles. The maximum Gasteiger partial charge on any atom is 0.0476 e. The minimum absolute atomic E-state index is 0.560. The van der Waals surface area contributed by atoms with E-state index in [0.717, 1.165) is 18.5 Å². The molecule has 2 fully saturated rings. The molecule has 0 aromatic heterocycles. The van der Waals surface area contributed by atoms with Crippen molar-refractivity contribution in [3.63, 3.8) is 0 Å². The number of hydrogen-bond donors (Lipinski definition) is 1. The second-order valence-corrected chi connectivity index (χ2v) is 7.06. The minimum Gasteiger partial charge on any atom is -0.311 e. The summed E-state index contributed by atoms with van der Waals surface area (Å²) in [5.41, 5.74) is 1.48. The third-order valence-corrected chi connectivity index (χ3v) is 5.49. The Morgan fingerprint density at radius 3 is 2.71 bits per heavy atom. The lowest BCUT2D eigenvalue weighted by Crippen LogP contribution is -2.56. The summed E-state index contributed by atoms with van der Waals surface area (Å²) in [4.78, 5) is 2.83. The van der Waals surface area contributed by atoms with Gasteiger partial charge in [0.05, 0.1) is 0 Å². The maximum atomic E-state index is 3.76. The van der Waals surface area contributed by atoms with Crippen molar-refractivity contribution in [3.05, 3.63) is 35.9 Å². The Kier molecular flexibility index (Phi) is 4.97. The Morgan fingerprint density at radius 1 is 1.19 bits per heavy atom. The molecule has 1 aliphatic heterocycles. The first-order valence-electron chi connectivity index (χ1n) is 8.82. The number of piperazine rings is 1. The van der Waals surface area contributed by atoms with Crippen LogP contribution in [0, 0.1) is 5.92 Å². The van der Waals surface area contributed by atoms with Crippen LogP contribution >= 0.6 is 0 Å². The summed E-state index contributed by atoms with van der Waals surface area (Å²) in [5, 5.41) is 3.76. The lowest BCUT2D eigenvalue weighted by atomic mass is 9.84. The second-order valence-electron chi connectivity index (χ2n) is 7.06. The molecule has 1 heterocycles. The van der Waals surface area contributed by atoms with Gasteiger partial charge < -0.3 is 5.32 Å². The monoisotopic (exact) mass is 286 g/mol. The quantitative estimate of drug-likeness (QED) is 0.904. The van der Waals surface area contributed by atoms with Crippen LogP contribution in [0.5, 0.6) is 0 Å². The summed E-state index contributed by atoms with van der Waals surface area (Å²) in [6, 6.07) is 13.1. The molecular weight excluding hydrogens is 256 g/mol. The van der Waals surface area contributed by atoms with Crippen LogP contribution < -0.4 is 5.32 Å². The van der Waals surface area contributed by atoms with Gasteiger partial charge in [0.1, 0.15) is 0 Å². The fourth-order valence-electron chi connectivity index (χ4n) is 4.21. The van der Waals surface area contributed by atoms with Gasteiger partial charge in [-0.15, -0.1) is 0 Å². The van der Waals surface area contributed by atoms with Gasteiger partial charge in [0.25, 0.3) is 0 Å². The first kappa shape index (κ1) is 15.1. The van der Waals surface area contributed by atoms with Gasteiger partial charge >= 0.3 is 0 Å². The molecule has 116 valence electrons. The van der Waals surface area contributed by atoms with E-state index in [-0.39, 0.29) is 0 Å². The van der Waals surface area contributed by atoms with Crippen LogP contribution in [0.3, 0.4) is 0 Å². The molecule has 4 atom stereocenters. The number of benzene rings is 1. The molecule has 1 aromatic carbocycles. The van der Waals surface area contributed by atoms with E-state index in [9.17, 15) is 0 Å². The van der Waals surface area contributed by atoms with Crippen molar-refractivity contribution in [1.29, 1.82) is 0 Å². The molecule has 1 aromatic rings.